The second kappa shape index (κ2) is 4.97. The highest BCUT2D eigenvalue weighted by Gasteiger charge is 2.13. The van der Waals surface area contributed by atoms with Crippen molar-refractivity contribution in [1.29, 1.82) is 0 Å². The SMILES string of the molecule is O=C([O-])[C@@H](Nc1ccc(F)cc1)c1cccs1. The number of carbonyl (C=O) groups is 1. The molecule has 2 aromatic rings. The van der Waals surface area contributed by atoms with Crippen molar-refractivity contribution < 1.29 is 14.3 Å². The van der Waals surface area contributed by atoms with E-state index in [0.717, 1.165) is 0 Å². The first-order valence-corrected chi connectivity index (χ1v) is 5.81. The van der Waals surface area contributed by atoms with Crippen molar-refractivity contribution in [2.75, 3.05) is 5.32 Å². The molecule has 0 aliphatic carbocycles. The van der Waals surface area contributed by atoms with Gasteiger partial charge in [0.05, 0.1) is 5.97 Å². The van der Waals surface area contributed by atoms with E-state index in [9.17, 15) is 14.3 Å². The number of rotatable bonds is 4. The number of aliphatic carboxylic acids is 1. The highest BCUT2D eigenvalue weighted by Crippen LogP contribution is 2.23. The van der Waals surface area contributed by atoms with Gasteiger partial charge in [0.15, 0.2) is 0 Å². The van der Waals surface area contributed by atoms with Gasteiger partial charge in [-0.1, -0.05) is 6.07 Å². The van der Waals surface area contributed by atoms with Crippen molar-refractivity contribution in [2.24, 2.45) is 0 Å². The van der Waals surface area contributed by atoms with Crippen LogP contribution in [0.15, 0.2) is 41.8 Å². The number of carbonyl (C=O) groups excluding carboxylic acids is 1. The third-order valence-electron chi connectivity index (χ3n) is 2.22. The maximum atomic E-state index is 12.7. The van der Waals surface area contributed by atoms with Crippen LogP contribution in [0.3, 0.4) is 0 Å². The van der Waals surface area contributed by atoms with Crippen molar-refractivity contribution >= 4 is 23.0 Å². The van der Waals surface area contributed by atoms with Gasteiger partial charge in [-0.25, -0.2) is 4.39 Å². The number of benzene rings is 1. The Labute approximate surface area is 102 Å². The summed E-state index contributed by atoms with van der Waals surface area (Å²) in [5.41, 5.74) is 0.536. The molecule has 0 bridgehead atoms. The number of carboxylic acid groups (broad SMARTS) is 1. The maximum absolute atomic E-state index is 12.7. The normalized spacial score (nSPS) is 12.1. The fourth-order valence-corrected chi connectivity index (χ4v) is 2.18. The van der Waals surface area contributed by atoms with Crippen molar-refractivity contribution in [3.8, 4) is 0 Å². The van der Waals surface area contributed by atoms with Gasteiger partial charge in [0.2, 0.25) is 0 Å². The van der Waals surface area contributed by atoms with E-state index in [1.807, 2.05) is 0 Å². The number of hydrogen-bond donors (Lipinski definition) is 1. The zero-order valence-electron chi connectivity index (χ0n) is 8.72. The summed E-state index contributed by atoms with van der Waals surface area (Å²) in [6.07, 6.45) is 0. The molecule has 2 rings (SSSR count). The van der Waals surface area contributed by atoms with E-state index in [1.54, 1.807) is 17.5 Å². The molecule has 0 amide bonds. The lowest BCUT2D eigenvalue weighted by atomic mass is 10.2. The minimum absolute atomic E-state index is 0.364. The Balaban J connectivity index is 2.19. The fourth-order valence-electron chi connectivity index (χ4n) is 1.41. The summed E-state index contributed by atoms with van der Waals surface area (Å²) in [4.78, 5) is 11.7. The van der Waals surface area contributed by atoms with Gasteiger partial charge < -0.3 is 15.2 Å². The van der Waals surface area contributed by atoms with Crippen LogP contribution in [0, 0.1) is 5.82 Å². The second-order valence-electron chi connectivity index (χ2n) is 3.42. The molecule has 0 aliphatic rings. The van der Waals surface area contributed by atoms with E-state index in [0.29, 0.717) is 10.6 Å². The van der Waals surface area contributed by atoms with Crippen LogP contribution in [0.5, 0.6) is 0 Å². The molecule has 1 aromatic heterocycles. The average molecular weight is 250 g/mol. The summed E-state index contributed by atoms with van der Waals surface area (Å²) in [6.45, 7) is 0. The second-order valence-corrected chi connectivity index (χ2v) is 4.40. The third kappa shape index (κ3) is 2.82. The summed E-state index contributed by atoms with van der Waals surface area (Å²) in [5.74, 6) is -1.58. The monoisotopic (exact) mass is 250 g/mol. The quantitative estimate of drug-likeness (QED) is 0.900. The topological polar surface area (TPSA) is 52.2 Å². The number of carboxylic acids is 1. The largest absolute Gasteiger partial charge is 0.547 e. The van der Waals surface area contributed by atoms with Gasteiger partial charge in [-0.15, -0.1) is 11.3 Å². The molecule has 0 radical (unpaired) electrons. The molecule has 0 fully saturated rings. The minimum Gasteiger partial charge on any atom is -0.547 e. The van der Waals surface area contributed by atoms with Crippen molar-refractivity contribution in [3.05, 3.63) is 52.5 Å². The summed E-state index contributed by atoms with van der Waals surface area (Å²) in [5, 5.41) is 15.6. The Kier molecular flexibility index (Phi) is 3.39. The average Bonchev–Trinajstić information content (AvgIpc) is 2.81. The Bertz CT molecular complexity index is 496. The molecule has 1 heterocycles. The van der Waals surface area contributed by atoms with Crippen LogP contribution < -0.4 is 10.4 Å². The maximum Gasteiger partial charge on any atom is 0.123 e. The van der Waals surface area contributed by atoms with Crippen LogP contribution in [0.1, 0.15) is 10.9 Å². The van der Waals surface area contributed by atoms with Crippen molar-refractivity contribution in [3.63, 3.8) is 0 Å². The standard InChI is InChI=1S/C12H10FNO2S/c13-8-3-5-9(6-4-8)14-11(12(15)16)10-2-1-7-17-10/h1-7,11,14H,(H,15,16)/p-1/t11-/m0/s1. The first kappa shape index (κ1) is 11.6. The molecule has 0 unspecified atom stereocenters. The Hall–Kier alpha value is -1.88. The summed E-state index contributed by atoms with van der Waals surface area (Å²) >= 11 is 1.32. The number of hydrogen-bond acceptors (Lipinski definition) is 4. The Morgan fingerprint density at radius 1 is 1.29 bits per heavy atom. The van der Waals surface area contributed by atoms with Gasteiger partial charge in [0.25, 0.3) is 0 Å². The zero-order chi connectivity index (χ0) is 12.3. The Morgan fingerprint density at radius 2 is 2.00 bits per heavy atom. The van der Waals surface area contributed by atoms with E-state index in [2.05, 4.69) is 5.32 Å². The molecule has 17 heavy (non-hydrogen) atoms. The lowest BCUT2D eigenvalue weighted by Gasteiger charge is -2.19. The van der Waals surface area contributed by atoms with Gasteiger partial charge in [0.1, 0.15) is 11.9 Å². The lowest BCUT2D eigenvalue weighted by Crippen LogP contribution is -2.33. The first-order chi connectivity index (χ1) is 8.16. The number of halogens is 1. The first-order valence-electron chi connectivity index (χ1n) is 4.93. The zero-order valence-corrected chi connectivity index (χ0v) is 9.54. The molecule has 1 aromatic carbocycles. The van der Waals surface area contributed by atoms with Gasteiger partial charge in [-0.2, -0.15) is 0 Å². The van der Waals surface area contributed by atoms with E-state index in [1.165, 1.54) is 35.6 Å². The van der Waals surface area contributed by atoms with Gasteiger partial charge in [-0.05, 0) is 35.7 Å². The van der Waals surface area contributed by atoms with Crippen LogP contribution >= 0.6 is 11.3 Å². The predicted octanol–water partition coefficient (Wildman–Crippen LogP) is 1.79. The van der Waals surface area contributed by atoms with Crippen LogP contribution in [-0.2, 0) is 4.79 Å². The van der Waals surface area contributed by atoms with Crippen LogP contribution in [-0.4, -0.2) is 5.97 Å². The van der Waals surface area contributed by atoms with E-state index >= 15 is 0 Å². The molecule has 3 nitrogen and oxygen atoms in total. The highest BCUT2D eigenvalue weighted by molar-refractivity contribution is 7.10. The number of anilines is 1. The molecule has 1 N–H and O–H groups in total. The van der Waals surface area contributed by atoms with E-state index in [4.69, 9.17) is 0 Å². The van der Waals surface area contributed by atoms with Crippen LogP contribution in [0.2, 0.25) is 0 Å². The van der Waals surface area contributed by atoms with Crippen LogP contribution in [0.4, 0.5) is 10.1 Å². The van der Waals surface area contributed by atoms with Gasteiger partial charge in [-0.3, -0.25) is 0 Å². The minimum atomic E-state index is -1.21. The molecule has 0 saturated carbocycles. The number of thiophene rings is 1. The van der Waals surface area contributed by atoms with Crippen LogP contribution in [0.25, 0.3) is 0 Å². The molecule has 88 valence electrons. The van der Waals surface area contributed by atoms with Gasteiger partial charge >= 0.3 is 0 Å². The molecular weight excluding hydrogens is 241 g/mol. The lowest BCUT2D eigenvalue weighted by molar-refractivity contribution is -0.307. The summed E-state index contributed by atoms with van der Waals surface area (Å²) in [6, 6.07) is 8.06. The highest BCUT2D eigenvalue weighted by atomic mass is 32.1. The van der Waals surface area contributed by atoms with Crippen molar-refractivity contribution in [2.45, 2.75) is 6.04 Å². The van der Waals surface area contributed by atoms with Crippen molar-refractivity contribution in [1.82, 2.24) is 0 Å². The third-order valence-corrected chi connectivity index (χ3v) is 3.16. The molecule has 0 spiro atoms. The predicted molar refractivity (Wildman–Crippen MR) is 62.1 cm³/mol. The van der Waals surface area contributed by atoms with Gasteiger partial charge in [0, 0.05) is 10.6 Å². The molecule has 1 atom stereocenters. The summed E-state index contributed by atoms with van der Waals surface area (Å²) < 4.78 is 12.7. The number of nitrogens with one attached hydrogen (secondary N) is 1. The molecule has 0 saturated heterocycles. The fraction of sp³-hybridized carbons (Fsp3) is 0.0833. The van der Waals surface area contributed by atoms with E-state index in [-0.39, 0.29) is 5.82 Å². The molecule has 0 aliphatic heterocycles. The Morgan fingerprint density at radius 3 is 2.53 bits per heavy atom. The smallest absolute Gasteiger partial charge is 0.123 e. The van der Waals surface area contributed by atoms with E-state index < -0.39 is 12.0 Å². The summed E-state index contributed by atoms with van der Waals surface area (Å²) in [7, 11) is 0. The molecule has 5 heteroatoms. The molecular formula is C12H9FNO2S-.